The maximum Gasteiger partial charge on any atom is 0.371 e. The van der Waals surface area contributed by atoms with Crippen molar-refractivity contribution in [2.75, 3.05) is 0 Å². The average Bonchev–Trinajstić information content (AvgIpc) is 3.80. The Morgan fingerprint density at radius 3 is 1.00 bits per heavy atom. The van der Waals surface area contributed by atoms with Gasteiger partial charge in [0.1, 0.15) is 12.4 Å². The molecule has 17 heteroatoms. The number of aliphatic hydroxyl groups excluding tert-OH is 1. The van der Waals surface area contributed by atoms with Crippen molar-refractivity contribution in [3.63, 3.8) is 0 Å². The zero-order chi connectivity index (χ0) is 30.5. The summed E-state index contributed by atoms with van der Waals surface area (Å²) in [5.41, 5.74) is 0. The van der Waals surface area contributed by atoms with Crippen molar-refractivity contribution in [3.05, 3.63) is 105 Å². The number of carboxylic acids is 2. The van der Waals surface area contributed by atoms with Crippen LogP contribution in [0.3, 0.4) is 0 Å². The van der Waals surface area contributed by atoms with Gasteiger partial charge in [-0.3, -0.25) is 24.0 Å². The molecule has 4 rings (SSSR count). The van der Waals surface area contributed by atoms with Crippen LogP contribution in [0, 0.1) is 9.93 Å². The molecule has 0 aliphatic rings. The lowest BCUT2D eigenvalue weighted by Gasteiger charge is -1.84. The Bertz CT molecular complexity index is 1260. The summed E-state index contributed by atoms with van der Waals surface area (Å²) in [5, 5.41) is 25.0. The van der Waals surface area contributed by atoms with E-state index in [0.717, 1.165) is 12.1 Å². The molecule has 0 spiro atoms. The number of aldehydes is 5. The number of hydrogen-bond donors (Lipinski definition) is 3. The second-order valence-corrected chi connectivity index (χ2v) is 6.31. The monoisotopic (exact) mass is 580 g/mol. The second-order valence-electron chi connectivity index (χ2n) is 6.31. The lowest BCUT2D eigenvalue weighted by Crippen LogP contribution is -1.94. The van der Waals surface area contributed by atoms with E-state index in [9.17, 15) is 33.6 Å². The quantitative estimate of drug-likeness (QED) is 0.252. The summed E-state index contributed by atoms with van der Waals surface area (Å²) < 4.78 is 18.5. The first-order valence-electron chi connectivity index (χ1n) is 10.1. The number of carbonyl (C=O) groups excluding carboxylic acids is 5. The Labute approximate surface area is 227 Å². The zero-order valence-electron chi connectivity index (χ0n) is 20.4. The zero-order valence-corrected chi connectivity index (χ0v) is 20.4. The smallest absolute Gasteiger partial charge is 0.371 e. The highest BCUT2D eigenvalue weighted by Gasteiger charge is 2.12. The number of aromatic carboxylic acids is 2. The molecule has 0 bridgehead atoms. The van der Waals surface area contributed by atoms with E-state index in [1.165, 1.54) is 30.3 Å². The van der Waals surface area contributed by atoms with Gasteiger partial charge in [0.15, 0.2) is 60.2 Å². The van der Waals surface area contributed by atoms with Crippen LogP contribution in [-0.2, 0) is 6.61 Å². The van der Waals surface area contributed by atoms with Gasteiger partial charge in [0.25, 0.3) is 0 Å². The van der Waals surface area contributed by atoms with Gasteiger partial charge in [-0.2, -0.15) is 0 Å². The molecule has 0 fully saturated rings. The Morgan fingerprint density at radius 2 is 0.829 bits per heavy atom. The molecule has 0 amide bonds. The van der Waals surface area contributed by atoms with E-state index in [1.807, 2.05) is 0 Å². The molecule has 41 heavy (non-hydrogen) atoms. The van der Waals surface area contributed by atoms with Crippen LogP contribution in [-0.4, -0.2) is 64.2 Å². The molecular formula is C24H20O17. The summed E-state index contributed by atoms with van der Waals surface area (Å²) in [5.74, 6) is -1.93. The summed E-state index contributed by atoms with van der Waals surface area (Å²) in [4.78, 5) is 84.0. The third kappa shape index (κ3) is 13.9. The summed E-state index contributed by atoms with van der Waals surface area (Å²) in [6.45, 7) is -0.159. The number of carbonyl (C=O) groups is 7. The van der Waals surface area contributed by atoms with Crippen molar-refractivity contribution in [1.82, 2.24) is 0 Å². The van der Waals surface area contributed by atoms with Gasteiger partial charge in [0.05, 0.1) is 0 Å². The number of hydrogen-bond acceptors (Lipinski definition) is 14. The molecule has 17 nitrogen and oxygen atoms in total. The highest BCUT2D eigenvalue weighted by Crippen LogP contribution is 2.07. The van der Waals surface area contributed by atoms with Crippen molar-refractivity contribution in [2.45, 2.75) is 6.61 Å². The van der Waals surface area contributed by atoms with Gasteiger partial charge in [0.2, 0.25) is 11.5 Å². The van der Waals surface area contributed by atoms with Gasteiger partial charge < -0.3 is 38.5 Å². The van der Waals surface area contributed by atoms with Crippen LogP contribution in [0.15, 0.2) is 66.2 Å². The Morgan fingerprint density at radius 1 is 0.537 bits per heavy atom. The molecule has 0 aliphatic carbocycles. The Kier molecular flexibility index (Phi) is 18.9. The van der Waals surface area contributed by atoms with Crippen molar-refractivity contribution in [1.29, 1.82) is 0 Å². The SMILES string of the molecule is O.O=C(O)c1ccc(C(=O)O)o1.O=Cc1ccc(C=O)o1.O=Cc1ccc(C=O)o1.O=Cc1ccc(CO)o1.O=O. The molecule has 5 N–H and O–H groups in total. The van der Waals surface area contributed by atoms with Gasteiger partial charge >= 0.3 is 11.9 Å². The molecule has 218 valence electrons. The lowest BCUT2D eigenvalue weighted by atomic mass is 10.4. The van der Waals surface area contributed by atoms with E-state index in [-0.39, 0.29) is 52.4 Å². The summed E-state index contributed by atoms with van der Waals surface area (Å²) in [7, 11) is 0. The van der Waals surface area contributed by atoms with Crippen LogP contribution in [0.4, 0.5) is 0 Å². The fourth-order valence-corrected chi connectivity index (χ4v) is 2.10. The predicted octanol–water partition coefficient (Wildman–Crippen LogP) is 2.31. The minimum Gasteiger partial charge on any atom is -0.475 e. The molecule has 0 aromatic carbocycles. The summed E-state index contributed by atoms with van der Waals surface area (Å²) >= 11 is 0. The molecular weight excluding hydrogens is 560 g/mol. The molecule has 4 heterocycles. The summed E-state index contributed by atoms with van der Waals surface area (Å²) in [6, 6.07) is 11.0. The van der Waals surface area contributed by atoms with E-state index in [2.05, 4.69) is 13.3 Å². The van der Waals surface area contributed by atoms with Crippen LogP contribution < -0.4 is 0 Å². The fourth-order valence-electron chi connectivity index (χ4n) is 2.10. The minimum absolute atomic E-state index is 0. The first-order valence-corrected chi connectivity index (χ1v) is 10.1. The van der Waals surface area contributed by atoms with Crippen LogP contribution >= 0.6 is 0 Å². The van der Waals surface area contributed by atoms with Crippen LogP contribution in [0.5, 0.6) is 0 Å². The van der Waals surface area contributed by atoms with E-state index in [0.29, 0.717) is 37.2 Å². The molecule has 0 saturated carbocycles. The minimum atomic E-state index is -1.28. The van der Waals surface area contributed by atoms with E-state index >= 15 is 0 Å². The topological polar surface area (TPSA) is 298 Å². The number of aliphatic hydroxyl groups is 1. The van der Waals surface area contributed by atoms with Crippen molar-refractivity contribution >= 4 is 43.4 Å². The average molecular weight is 580 g/mol. The standard InChI is InChI=1S/C6H4O5.C6H6O3.2C6H4O3.O2.H2O/c7-5(8)3-1-2-4(11-3)6(9)10;3*7-3-5-1-2-6(4-8)9-5;1-2;/h1-2H,(H,7,8)(H,9,10);1-3,8H,4H2;2*1-4H;;1H2. The summed E-state index contributed by atoms with van der Waals surface area (Å²) in [6.07, 6.45) is 2.79. The molecule has 0 radical (unpaired) electrons. The predicted molar refractivity (Wildman–Crippen MR) is 132 cm³/mol. The third-order valence-corrected chi connectivity index (χ3v) is 3.74. The van der Waals surface area contributed by atoms with Crippen LogP contribution in [0.1, 0.15) is 79.6 Å². The Balaban J connectivity index is 0. The largest absolute Gasteiger partial charge is 0.475 e. The first-order chi connectivity index (χ1) is 19.2. The molecule has 0 atom stereocenters. The second kappa shape index (κ2) is 20.9. The van der Waals surface area contributed by atoms with Gasteiger partial charge in [-0.05, 0) is 48.5 Å². The van der Waals surface area contributed by atoms with Gasteiger partial charge in [-0.1, -0.05) is 0 Å². The highest BCUT2D eigenvalue weighted by molar-refractivity contribution is 5.89. The van der Waals surface area contributed by atoms with Crippen molar-refractivity contribution in [2.24, 2.45) is 0 Å². The third-order valence-electron chi connectivity index (χ3n) is 3.74. The Hall–Kier alpha value is -6.07. The number of rotatable bonds is 8. The van der Waals surface area contributed by atoms with Crippen molar-refractivity contribution in [3.8, 4) is 0 Å². The normalized spacial score (nSPS) is 8.61. The van der Waals surface area contributed by atoms with Gasteiger partial charge in [-0.25, -0.2) is 9.59 Å². The lowest BCUT2D eigenvalue weighted by molar-refractivity contribution is 0.0630. The van der Waals surface area contributed by atoms with Crippen LogP contribution in [0.2, 0.25) is 0 Å². The fraction of sp³-hybridized carbons (Fsp3) is 0.0417. The van der Waals surface area contributed by atoms with E-state index in [4.69, 9.17) is 29.7 Å². The van der Waals surface area contributed by atoms with E-state index < -0.39 is 11.9 Å². The molecule has 4 aromatic rings. The van der Waals surface area contributed by atoms with E-state index in [1.54, 1.807) is 6.07 Å². The first kappa shape index (κ1) is 37.1. The molecule has 0 aliphatic heterocycles. The maximum atomic E-state index is 10.2. The van der Waals surface area contributed by atoms with Crippen LogP contribution in [0.25, 0.3) is 0 Å². The number of furan rings is 4. The molecule has 0 unspecified atom stereocenters. The van der Waals surface area contributed by atoms with Gasteiger partial charge in [-0.15, -0.1) is 0 Å². The maximum absolute atomic E-state index is 10.2. The molecule has 4 aromatic heterocycles. The van der Waals surface area contributed by atoms with Crippen molar-refractivity contribution < 1.29 is 72.0 Å². The van der Waals surface area contributed by atoms with Gasteiger partial charge in [0, 0.05) is 9.93 Å². The number of carboxylic acid groups (broad SMARTS) is 2. The molecule has 0 saturated heterocycles. The highest BCUT2D eigenvalue weighted by atomic mass is 16.7.